The number of nitrogens with zero attached hydrogens (tertiary/aromatic N) is 1. The molecule has 0 spiro atoms. The largest absolute Gasteiger partial charge is 0.445 e. The minimum absolute atomic E-state index is 0.173. The average molecular weight is 360 g/mol. The monoisotopic (exact) mass is 360 g/mol. The lowest BCUT2D eigenvalue weighted by Gasteiger charge is -2.22. The maximum atomic E-state index is 12.3. The van der Waals surface area contributed by atoms with Crippen molar-refractivity contribution >= 4 is 12.2 Å². The van der Waals surface area contributed by atoms with Crippen molar-refractivity contribution in [2.75, 3.05) is 13.1 Å². The minimum Gasteiger partial charge on any atom is -0.445 e. The highest BCUT2D eigenvalue weighted by Gasteiger charge is 2.52. The lowest BCUT2D eigenvalue weighted by molar-refractivity contribution is 0.0515. The normalized spacial score (nSPS) is 24.9. The number of hydrogen-bond acceptors (Lipinski definition) is 4. The van der Waals surface area contributed by atoms with Crippen LogP contribution in [0.4, 0.5) is 9.59 Å². The van der Waals surface area contributed by atoms with Gasteiger partial charge in [0, 0.05) is 19.1 Å². The van der Waals surface area contributed by atoms with Gasteiger partial charge in [-0.3, -0.25) is 0 Å². The molecule has 0 bridgehead atoms. The van der Waals surface area contributed by atoms with Gasteiger partial charge in [-0.25, -0.2) is 9.59 Å². The van der Waals surface area contributed by atoms with E-state index >= 15 is 0 Å². The molecule has 3 atom stereocenters. The smallest absolute Gasteiger partial charge is 0.410 e. The highest BCUT2D eigenvalue weighted by Crippen LogP contribution is 2.46. The van der Waals surface area contributed by atoms with E-state index in [9.17, 15) is 9.59 Å². The van der Waals surface area contributed by atoms with Crippen LogP contribution in [0.3, 0.4) is 0 Å². The lowest BCUT2D eigenvalue weighted by Crippen LogP contribution is -2.37. The molecule has 1 heterocycles. The third-order valence-corrected chi connectivity index (χ3v) is 4.94. The maximum Gasteiger partial charge on any atom is 0.410 e. The van der Waals surface area contributed by atoms with Gasteiger partial charge in [-0.15, -0.1) is 0 Å². The van der Waals surface area contributed by atoms with Crippen LogP contribution in [0, 0.1) is 11.8 Å². The van der Waals surface area contributed by atoms with Crippen LogP contribution in [0.15, 0.2) is 30.3 Å². The average Bonchev–Trinajstić information content (AvgIpc) is 3.27. The van der Waals surface area contributed by atoms with Gasteiger partial charge < -0.3 is 19.7 Å². The molecule has 142 valence electrons. The van der Waals surface area contributed by atoms with Gasteiger partial charge >= 0.3 is 12.2 Å². The third kappa shape index (κ3) is 4.90. The second-order valence-electron chi connectivity index (χ2n) is 8.10. The SMILES string of the molecule is CC(C)(C)OC(=O)N[C@H]1[C@@H]2CCN(C(=O)OCc3ccccc3)CC[C@@H]21. The molecule has 0 aromatic heterocycles. The van der Waals surface area contributed by atoms with E-state index < -0.39 is 5.60 Å². The summed E-state index contributed by atoms with van der Waals surface area (Å²) in [5.74, 6) is 0.851. The van der Waals surface area contributed by atoms with Gasteiger partial charge in [0.1, 0.15) is 12.2 Å². The van der Waals surface area contributed by atoms with Gasteiger partial charge in [0.15, 0.2) is 0 Å². The van der Waals surface area contributed by atoms with Gasteiger partial charge in [0.05, 0.1) is 0 Å². The molecule has 1 N–H and O–H groups in total. The molecule has 0 unspecified atom stereocenters. The number of benzene rings is 1. The number of likely N-dealkylation sites (tertiary alicyclic amines) is 1. The number of nitrogens with one attached hydrogen (secondary N) is 1. The van der Waals surface area contributed by atoms with Crippen LogP contribution >= 0.6 is 0 Å². The Kier molecular flexibility index (Phi) is 5.39. The predicted octanol–water partition coefficient (Wildman–Crippen LogP) is 3.56. The van der Waals surface area contributed by atoms with Crippen molar-refractivity contribution in [1.29, 1.82) is 0 Å². The summed E-state index contributed by atoms with van der Waals surface area (Å²) in [7, 11) is 0. The van der Waals surface area contributed by atoms with E-state index in [2.05, 4.69) is 5.32 Å². The number of carbonyl (C=O) groups is 2. The second-order valence-corrected chi connectivity index (χ2v) is 8.10. The molecule has 26 heavy (non-hydrogen) atoms. The van der Waals surface area contributed by atoms with Crippen molar-refractivity contribution in [3.05, 3.63) is 35.9 Å². The fourth-order valence-corrected chi connectivity index (χ4v) is 3.60. The quantitative estimate of drug-likeness (QED) is 0.895. The summed E-state index contributed by atoms with van der Waals surface area (Å²) in [5.41, 5.74) is 0.500. The number of hydrogen-bond donors (Lipinski definition) is 1. The van der Waals surface area contributed by atoms with E-state index in [-0.39, 0.29) is 18.2 Å². The molecule has 1 saturated carbocycles. The van der Waals surface area contributed by atoms with Crippen LogP contribution in [0.25, 0.3) is 0 Å². The van der Waals surface area contributed by atoms with Crippen molar-refractivity contribution in [3.8, 4) is 0 Å². The highest BCUT2D eigenvalue weighted by molar-refractivity contribution is 5.69. The number of rotatable bonds is 3. The fraction of sp³-hybridized carbons (Fsp3) is 0.600. The number of carbonyl (C=O) groups excluding carboxylic acids is 2. The van der Waals surface area contributed by atoms with E-state index in [0.29, 0.717) is 31.5 Å². The van der Waals surface area contributed by atoms with E-state index in [4.69, 9.17) is 9.47 Å². The third-order valence-electron chi connectivity index (χ3n) is 4.94. The summed E-state index contributed by atoms with van der Waals surface area (Å²) in [6.45, 7) is 7.21. The van der Waals surface area contributed by atoms with Crippen LogP contribution < -0.4 is 5.32 Å². The van der Waals surface area contributed by atoms with Crippen molar-refractivity contribution in [3.63, 3.8) is 0 Å². The minimum atomic E-state index is -0.486. The molecule has 0 radical (unpaired) electrons. The summed E-state index contributed by atoms with van der Waals surface area (Å²) in [4.78, 5) is 26.0. The van der Waals surface area contributed by atoms with Crippen LogP contribution in [-0.4, -0.2) is 41.8 Å². The Balaban J connectivity index is 1.41. The Labute approximate surface area is 154 Å². The molecule has 2 aliphatic rings. The summed E-state index contributed by atoms with van der Waals surface area (Å²) in [5, 5.41) is 2.98. The first-order valence-electron chi connectivity index (χ1n) is 9.28. The van der Waals surface area contributed by atoms with Gasteiger partial charge in [0.2, 0.25) is 0 Å². The molecule has 1 aromatic rings. The first-order chi connectivity index (χ1) is 12.3. The summed E-state index contributed by atoms with van der Waals surface area (Å²) in [6, 6.07) is 9.86. The van der Waals surface area contributed by atoms with Crippen LogP contribution in [-0.2, 0) is 16.1 Å². The van der Waals surface area contributed by atoms with Gasteiger partial charge in [-0.1, -0.05) is 30.3 Å². The van der Waals surface area contributed by atoms with Crippen LogP contribution in [0.2, 0.25) is 0 Å². The zero-order valence-corrected chi connectivity index (χ0v) is 15.7. The topological polar surface area (TPSA) is 67.9 Å². The molecule has 3 rings (SSSR count). The van der Waals surface area contributed by atoms with Crippen molar-refractivity contribution < 1.29 is 19.1 Å². The number of fused-ring (bicyclic) bond motifs is 1. The van der Waals surface area contributed by atoms with Crippen molar-refractivity contribution in [2.24, 2.45) is 11.8 Å². The lowest BCUT2D eigenvalue weighted by atomic mass is 10.2. The molecule has 6 nitrogen and oxygen atoms in total. The van der Waals surface area contributed by atoms with E-state index in [1.54, 1.807) is 4.90 Å². The molecule has 6 heteroatoms. The zero-order chi connectivity index (χ0) is 18.7. The van der Waals surface area contributed by atoms with Gasteiger partial charge in [-0.05, 0) is 51.0 Å². The Hall–Kier alpha value is -2.24. The van der Waals surface area contributed by atoms with Crippen molar-refractivity contribution in [2.45, 2.75) is 51.9 Å². The first-order valence-corrected chi connectivity index (χ1v) is 9.28. The Morgan fingerprint density at radius 3 is 2.31 bits per heavy atom. The predicted molar refractivity (Wildman–Crippen MR) is 97.6 cm³/mol. The molecule has 1 saturated heterocycles. The van der Waals surface area contributed by atoms with Crippen molar-refractivity contribution in [1.82, 2.24) is 10.2 Å². The maximum absolute atomic E-state index is 12.3. The molecule has 1 aromatic carbocycles. The molecule has 2 fully saturated rings. The van der Waals surface area contributed by atoms with E-state index in [1.165, 1.54) is 0 Å². The van der Waals surface area contributed by atoms with E-state index in [0.717, 1.165) is 18.4 Å². The van der Waals surface area contributed by atoms with Crippen LogP contribution in [0.5, 0.6) is 0 Å². The molecular formula is C20H28N2O4. The summed E-state index contributed by atoms with van der Waals surface area (Å²) >= 11 is 0. The number of amides is 2. The summed E-state index contributed by atoms with van der Waals surface area (Å²) < 4.78 is 10.7. The van der Waals surface area contributed by atoms with E-state index in [1.807, 2.05) is 51.1 Å². The Morgan fingerprint density at radius 1 is 1.12 bits per heavy atom. The molecule has 1 aliphatic heterocycles. The van der Waals surface area contributed by atoms with Gasteiger partial charge in [0.25, 0.3) is 0 Å². The number of alkyl carbamates (subject to hydrolysis) is 1. The first kappa shape index (κ1) is 18.5. The molecule has 1 aliphatic carbocycles. The standard InChI is InChI=1S/C20H28N2O4/c1-20(2,3)26-18(23)21-17-15-9-11-22(12-10-16(15)17)19(24)25-13-14-7-5-4-6-8-14/h4-8,15-17H,9-13H2,1-3H3,(H,21,23)/t15-,16+,17+. The molecule has 2 amide bonds. The van der Waals surface area contributed by atoms with Crippen LogP contribution in [0.1, 0.15) is 39.2 Å². The highest BCUT2D eigenvalue weighted by atomic mass is 16.6. The Morgan fingerprint density at radius 2 is 1.73 bits per heavy atom. The Bertz CT molecular complexity index is 627. The van der Waals surface area contributed by atoms with Gasteiger partial charge in [-0.2, -0.15) is 0 Å². The number of ether oxygens (including phenoxy) is 2. The zero-order valence-electron chi connectivity index (χ0n) is 15.7. The summed E-state index contributed by atoms with van der Waals surface area (Å²) in [6.07, 6.45) is 1.15. The fourth-order valence-electron chi connectivity index (χ4n) is 3.60. The second kappa shape index (κ2) is 7.56. The molecular weight excluding hydrogens is 332 g/mol.